The van der Waals surface area contributed by atoms with Crippen molar-refractivity contribution in [3.63, 3.8) is 0 Å². The van der Waals surface area contributed by atoms with Gasteiger partial charge in [-0.15, -0.1) is 5.73 Å². The highest BCUT2D eigenvalue weighted by molar-refractivity contribution is 5.77. The molecule has 2 rings (SSSR count). The number of aromatic nitrogens is 2. The largest absolute Gasteiger partial charge is 0.333 e. The van der Waals surface area contributed by atoms with Gasteiger partial charge in [0.2, 0.25) is 0 Å². The Bertz CT molecular complexity index is 610. The first kappa shape index (κ1) is 9.56. The fourth-order valence-electron chi connectivity index (χ4n) is 1.59. The van der Waals surface area contributed by atoms with Crippen LogP contribution in [0.1, 0.15) is 6.92 Å². The van der Waals surface area contributed by atoms with Crippen LogP contribution in [0.2, 0.25) is 0 Å². The molecule has 0 aliphatic carbocycles. The van der Waals surface area contributed by atoms with Crippen molar-refractivity contribution in [1.82, 2.24) is 9.13 Å². The Morgan fingerprint density at radius 2 is 1.93 bits per heavy atom. The van der Waals surface area contributed by atoms with Gasteiger partial charge in [-0.3, -0.25) is 9.13 Å². The highest BCUT2D eigenvalue weighted by Crippen LogP contribution is 2.10. The summed E-state index contributed by atoms with van der Waals surface area (Å²) in [7, 11) is 1.77. The van der Waals surface area contributed by atoms with Crippen LogP contribution >= 0.6 is 0 Å². The summed E-state index contributed by atoms with van der Waals surface area (Å²) < 4.78 is 3.22. The summed E-state index contributed by atoms with van der Waals surface area (Å²) in [4.78, 5) is 11.8. The van der Waals surface area contributed by atoms with E-state index in [1.165, 1.54) is 0 Å². The van der Waals surface area contributed by atoms with Gasteiger partial charge in [-0.1, -0.05) is 12.1 Å². The summed E-state index contributed by atoms with van der Waals surface area (Å²) in [5, 5.41) is 0. The highest BCUT2D eigenvalue weighted by atomic mass is 16.1. The number of hydrogen-bond donors (Lipinski definition) is 0. The maximum absolute atomic E-state index is 11.8. The van der Waals surface area contributed by atoms with E-state index in [4.69, 9.17) is 0 Å². The van der Waals surface area contributed by atoms with E-state index in [1.54, 1.807) is 28.5 Å². The summed E-state index contributed by atoms with van der Waals surface area (Å²) in [6.07, 6.45) is 3.43. The lowest BCUT2D eigenvalue weighted by Crippen LogP contribution is -2.18. The third-order valence-corrected chi connectivity index (χ3v) is 2.37. The molecule has 0 amide bonds. The van der Waals surface area contributed by atoms with Gasteiger partial charge in [0.25, 0.3) is 0 Å². The molecule has 0 radical (unpaired) electrons. The SMILES string of the molecule is CC=C=Cn1c(=O)n(C)c2ccccc21. The van der Waals surface area contributed by atoms with Crippen LogP contribution in [0, 0.1) is 0 Å². The van der Waals surface area contributed by atoms with Crippen molar-refractivity contribution in [2.75, 3.05) is 0 Å². The van der Waals surface area contributed by atoms with Gasteiger partial charge < -0.3 is 0 Å². The Balaban J connectivity index is 2.90. The standard InChI is InChI=1S/C12H12N2O/c1-3-4-9-14-11-8-6-5-7-10(11)13(2)12(14)15/h3,5-9H,1-2H3. The average molecular weight is 200 g/mol. The Morgan fingerprint density at radius 1 is 1.27 bits per heavy atom. The van der Waals surface area contributed by atoms with E-state index in [0.29, 0.717) is 0 Å². The number of hydrogen-bond acceptors (Lipinski definition) is 1. The number of aryl methyl sites for hydroxylation is 1. The van der Waals surface area contributed by atoms with Crippen LogP contribution in [0.5, 0.6) is 0 Å². The number of nitrogens with zero attached hydrogens (tertiary/aromatic N) is 2. The minimum absolute atomic E-state index is 0.0504. The molecule has 0 bridgehead atoms. The van der Waals surface area contributed by atoms with Crippen molar-refractivity contribution in [2.45, 2.75) is 6.92 Å². The molecule has 0 aliphatic rings. The smallest absolute Gasteiger partial charge is 0.295 e. The topological polar surface area (TPSA) is 26.9 Å². The van der Waals surface area contributed by atoms with E-state index in [-0.39, 0.29) is 5.69 Å². The van der Waals surface area contributed by atoms with Crippen molar-refractivity contribution < 1.29 is 0 Å². The van der Waals surface area contributed by atoms with Gasteiger partial charge in [0, 0.05) is 7.05 Å². The zero-order valence-corrected chi connectivity index (χ0v) is 8.77. The number of rotatable bonds is 1. The first-order valence-corrected chi connectivity index (χ1v) is 4.79. The highest BCUT2D eigenvalue weighted by Gasteiger charge is 2.06. The number of imidazole rings is 1. The van der Waals surface area contributed by atoms with Crippen molar-refractivity contribution in [1.29, 1.82) is 0 Å². The third kappa shape index (κ3) is 1.43. The minimum Gasteiger partial charge on any atom is -0.295 e. The van der Waals surface area contributed by atoms with E-state index in [2.05, 4.69) is 5.73 Å². The average Bonchev–Trinajstić information content (AvgIpc) is 2.51. The monoisotopic (exact) mass is 200 g/mol. The van der Waals surface area contributed by atoms with Crippen molar-refractivity contribution in [3.8, 4) is 0 Å². The van der Waals surface area contributed by atoms with Gasteiger partial charge in [-0.25, -0.2) is 4.79 Å². The van der Waals surface area contributed by atoms with Gasteiger partial charge in [-0.2, -0.15) is 0 Å². The quantitative estimate of drug-likeness (QED) is 0.647. The number of fused-ring (bicyclic) bond motifs is 1. The van der Waals surface area contributed by atoms with Gasteiger partial charge in [-0.05, 0) is 25.1 Å². The second-order valence-electron chi connectivity index (χ2n) is 3.28. The molecule has 1 aromatic heterocycles. The molecule has 0 spiro atoms. The van der Waals surface area contributed by atoms with E-state index in [9.17, 15) is 4.79 Å². The second-order valence-corrected chi connectivity index (χ2v) is 3.28. The molecule has 0 N–H and O–H groups in total. The Labute approximate surface area is 87.6 Å². The summed E-state index contributed by atoms with van der Waals surface area (Å²) in [6, 6.07) is 7.69. The molecule has 1 aromatic carbocycles. The van der Waals surface area contributed by atoms with Gasteiger partial charge >= 0.3 is 5.69 Å². The van der Waals surface area contributed by atoms with Crippen LogP contribution in [-0.4, -0.2) is 9.13 Å². The maximum Gasteiger partial charge on any atom is 0.333 e. The van der Waals surface area contributed by atoms with Crippen molar-refractivity contribution in [3.05, 3.63) is 46.6 Å². The normalized spacial score (nSPS) is 10.0. The van der Waals surface area contributed by atoms with Crippen LogP contribution in [0.4, 0.5) is 0 Å². The van der Waals surface area contributed by atoms with E-state index >= 15 is 0 Å². The van der Waals surface area contributed by atoms with E-state index in [1.807, 2.05) is 31.2 Å². The molecule has 3 heteroatoms. The predicted molar refractivity (Wildman–Crippen MR) is 61.7 cm³/mol. The molecule has 0 aliphatic heterocycles. The fraction of sp³-hybridized carbons (Fsp3) is 0.167. The Hall–Kier alpha value is -1.99. The second kappa shape index (κ2) is 3.64. The summed E-state index contributed by atoms with van der Waals surface area (Å²) >= 11 is 0. The first-order chi connectivity index (χ1) is 7.25. The van der Waals surface area contributed by atoms with Gasteiger partial charge in [0.05, 0.1) is 17.2 Å². The van der Waals surface area contributed by atoms with Crippen LogP contribution in [0.3, 0.4) is 0 Å². The number of para-hydroxylation sites is 2. The Morgan fingerprint density at radius 3 is 2.60 bits per heavy atom. The summed E-state index contributed by atoms with van der Waals surface area (Å²) in [5.41, 5.74) is 4.69. The molecule has 76 valence electrons. The molecule has 0 saturated heterocycles. The lowest BCUT2D eigenvalue weighted by molar-refractivity contribution is 0.862. The van der Waals surface area contributed by atoms with Crippen LogP contribution in [0.25, 0.3) is 17.2 Å². The first-order valence-electron chi connectivity index (χ1n) is 4.79. The molecule has 0 saturated carbocycles. The van der Waals surface area contributed by atoms with E-state index in [0.717, 1.165) is 11.0 Å². The minimum atomic E-state index is -0.0504. The zero-order valence-electron chi connectivity index (χ0n) is 8.77. The lowest BCUT2D eigenvalue weighted by atomic mass is 10.3. The molecule has 0 unspecified atom stereocenters. The molecular formula is C12H12N2O. The molecule has 3 nitrogen and oxygen atoms in total. The molecule has 2 aromatic rings. The van der Waals surface area contributed by atoms with E-state index < -0.39 is 0 Å². The maximum atomic E-state index is 11.8. The summed E-state index contributed by atoms with van der Waals surface area (Å²) in [6.45, 7) is 1.87. The fourth-order valence-corrected chi connectivity index (χ4v) is 1.59. The molecular weight excluding hydrogens is 188 g/mol. The zero-order chi connectivity index (χ0) is 10.8. The predicted octanol–water partition coefficient (Wildman–Crippen LogP) is 1.99. The van der Waals surface area contributed by atoms with Crippen molar-refractivity contribution in [2.24, 2.45) is 7.05 Å². The molecule has 1 heterocycles. The molecule has 0 atom stereocenters. The molecule has 15 heavy (non-hydrogen) atoms. The third-order valence-electron chi connectivity index (χ3n) is 2.37. The lowest BCUT2D eigenvalue weighted by Gasteiger charge is -1.91. The van der Waals surface area contributed by atoms with Crippen LogP contribution in [-0.2, 0) is 7.05 Å². The van der Waals surface area contributed by atoms with Gasteiger partial charge in [0.15, 0.2) is 0 Å². The summed E-state index contributed by atoms with van der Waals surface area (Å²) in [5.74, 6) is 0. The number of allylic oxidation sites excluding steroid dienone is 1. The van der Waals surface area contributed by atoms with Crippen molar-refractivity contribution >= 4 is 17.2 Å². The van der Waals surface area contributed by atoms with Gasteiger partial charge in [0.1, 0.15) is 0 Å². The van der Waals surface area contributed by atoms with Crippen LogP contribution < -0.4 is 5.69 Å². The number of benzene rings is 1. The Kier molecular flexibility index (Phi) is 2.32. The molecule has 0 fully saturated rings. The van der Waals surface area contributed by atoms with Crippen LogP contribution in [0.15, 0.2) is 40.9 Å².